The van der Waals surface area contributed by atoms with Gasteiger partial charge in [0.05, 0.1) is 7.11 Å². The average molecular weight is 364 g/mol. The summed E-state index contributed by atoms with van der Waals surface area (Å²) < 4.78 is 20.4. The van der Waals surface area contributed by atoms with Crippen molar-refractivity contribution in [2.75, 3.05) is 13.7 Å². The van der Waals surface area contributed by atoms with Crippen molar-refractivity contribution in [3.63, 3.8) is 0 Å². The van der Waals surface area contributed by atoms with Crippen molar-refractivity contribution in [1.29, 1.82) is 0 Å². The van der Waals surface area contributed by atoms with E-state index in [0.717, 1.165) is 40.9 Å². The first-order chi connectivity index (χ1) is 13.1. The molecule has 2 aliphatic rings. The highest BCUT2D eigenvalue weighted by molar-refractivity contribution is 5.89. The Morgan fingerprint density at radius 3 is 2.70 bits per heavy atom. The molecule has 3 aromatic rings. The molecule has 1 unspecified atom stereocenters. The van der Waals surface area contributed by atoms with E-state index in [9.17, 15) is 9.18 Å². The molecule has 2 heterocycles. The van der Waals surface area contributed by atoms with Gasteiger partial charge in [-0.15, -0.1) is 0 Å². The molecule has 27 heavy (non-hydrogen) atoms. The molecule has 0 bridgehead atoms. The largest absolute Gasteiger partial charge is 0.496 e. The molecule has 4 nitrogen and oxygen atoms in total. The summed E-state index contributed by atoms with van der Waals surface area (Å²) in [6.07, 6.45) is 1.95. The lowest BCUT2D eigenvalue weighted by molar-refractivity contribution is -0.131. The highest BCUT2D eigenvalue weighted by Gasteiger charge is 2.55. The molecule has 1 atom stereocenters. The summed E-state index contributed by atoms with van der Waals surface area (Å²) in [5, 5.41) is 0.674. The van der Waals surface area contributed by atoms with Crippen LogP contribution in [0.25, 0.3) is 10.9 Å². The zero-order valence-corrected chi connectivity index (χ0v) is 15.4. The molecule has 138 valence electrons. The number of aromatic amines is 1. The van der Waals surface area contributed by atoms with Crippen LogP contribution in [0.4, 0.5) is 4.39 Å². The first-order valence-corrected chi connectivity index (χ1v) is 9.26. The molecule has 5 heteroatoms. The number of nitrogens with one attached hydrogen (secondary N) is 1. The maximum Gasteiger partial charge on any atom is 0.220 e. The van der Waals surface area contributed by atoms with Crippen LogP contribution in [0.3, 0.4) is 0 Å². The lowest BCUT2D eigenvalue weighted by Gasteiger charge is -2.40. The molecule has 1 aliphatic heterocycles. The minimum Gasteiger partial charge on any atom is -0.496 e. The number of para-hydroxylation sites is 1. The number of carbonyl (C=O) groups excluding carboxylic acids is 1. The molecule has 0 saturated heterocycles. The van der Waals surface area contributed by atoms with Gasteiger partial charge < -0.3 is 14.6 Å². The Labute approximate surface area is 156 Å². The second-order valence-corrected chi connectivity index (χ2v) is 7.65. The van der Waals surface area contributed by atoms with Crippen LogP contribution in [0.5, 0.6) is 5.75 Å². The monoisotopic (exact) mass is 364 g/mol. The normalized spacial score (nSPS) is 20.0. The van der Waals surface area contributed by atoms with Gasteiger partial charge in [0.15, 0.2) is 0 Å². The zero-order chi connectivity index (χ0) is 18.8. The second-order valence-electron chi connectivity index (χ2n) is 7.65. The molecule has 5 rings (SSSR count). The molecule has 1 fully saturated rings. The Morgan fingerprint density at radius 1 is 1.22 bits per heavy atom. The molecule has 1 aliphatic carbocycles. The molecule has 0 radical (unpaired) electrons. The van der Waals surface area contributed by atoms with E-state index in [1.807, 2.05) is 35.2 Å². The van der Waals surface area contributed by atoms with Crippen LogP contribution >= 0.6 is 0 Å². The van der Waals surface area contributed by atoms with Crippen molar-refractivity contribution in [3.05, 3.63) is 65.1 Å². The first-order valence-electron chi connectivity index (χ1n) is 9.26. The van der Waals surface area contributed by atoms with Crippen molar-refractivity contribution in [2.45, 2.75) is 31.2 Å². The standard InChI is InChI=1S/C22H21FN2O2/c1-13(26)25-12-22(10-11-22)19-18-15(23)7-5-8-16(18)24-20(19)21(25)14-6-3-4-9-17(14)27-2/h3-9,21,24H,10-12H2,1-2H3. The molecule has 1 N–H and O–H groups in total. The summed E-state index contributed by atoms with van der Waals surface area (Å²) in [6.45, 7) is 2.21. The van der Waals surface area contributed by atoms with Gasteiger partial charge in [-0.1, -0.05) is 24.3 Å². The van der Waals surface area contributed by atoms with Crippen LogP contribution in [-0.2, 0) is 10.2 Å². The van der Waals surface area contributed by atoms with E-state index in [1.165, 1.54) is 6.07 Å². The third kappa shape index (κ3) is 2.24. The molecular weight excluding hydrogens is 343 g/mol. The van der Waals surface area contributed by atoms with Crippen LogP contribution in [0.1, 0.15) is 42.6 Å². The van der Waals surface area contributed by atoms with E-state index < -0.39 is 0 Å². The number of hydrogen-bond donors (Lipinski definition) is 1. The van der Waals surface area contributed by atoms with Gasteiger partial charge in [0, 0.05) is 41.0 Å². The summed E-state index contributed by atoms with van der Waals surface area (Å²) in [5.41, 5.74) is 3.53. The van der Waals surface area contributed by atoms with Gasteiger partial charge in [0.25, 0.3) is 0 Å². The third-order valence-electron chi connectivity index (χ3n) is 6.08. The number of carbonyl (C=O) groups is 1. The highest BCUT2D eigenvalue weighted by atomic mass is 19.1. The van der Waals surface area contributed by atoms with Crippen molar-refractivity contribution in [2.24, 2.45) is 0 Å². The summed E-state index contributed by atoms with van der Waals surface area (Å²) in [6, 6.07) is 12.6. The maximum atomic E-state index is 14.8. The Morgan fingerprint density at radius 2 is 2.00 bits per heavy atom. The molecule has 2 aromatic carbocycles. The fourth-order valence-corrected chi connectivity index (χ4v) is 4.70. The van der Waals surface area contributed by atoms with E-state index in [1.54, 1.807) is 20.1 Å². The number of methoxy groups -OCH3 is 1. The van der Waals surface area contributed by atoms with E-state index in [2.05, 4.69) is 4.98 Å². The minimum absolute atomic E-state index is 0.0157. The van der Waals surface area contributed by atoms with Gasteiger partial charge in [0.1, 0.15) is 17.6 Å². The van der Waals surface area contributed by atoms with Gasteiger partial charge in [-0.3, -0.25) is 4.79 Å². The van der Waals surface area contributed by atoms with Crippen LogP contribution in [0, 0.1) is 5.82 Å². The topological polar surface area (TPSA) is 45.3 Å². The van der Waals surface area contributed by atoms with E-state index in [4.69, 9.17) is 4.74 Å². The van der Waals surface area contributed by atoms with Gasteiger partial charge in [0.2, 0.25) is 5.91 Å². The van der Waals surface area contributed by atoms with Crippen LogP contribution < -0.4 is 4.74 Å². The third-order valence-corrected chi connectivity index (χ3v) is 6.08. The lowest BCUT2D eigenvalue weighted by Crippen LogP contribution is -2.44. The van der Waals surface area contributed by atoms with Crippen molar-refractivity contribution in [3.8, 4) is 5.75 Å². The highest BCUT2D eigenvalue weighted by Crippen LogP contribution is 2.58. The van der Waals surface area contributed by atoms with Crippen molar-refractivity contribution in [1.82, 2.24) is 9.88 Å². The van der Waals surface area contributed by atoms with Crippen molar-refractivity contribution < 1.29 is 13.9 Å². The first kappa shape index (κ1) is 16.4. The van der Waals surface area contributed by atoms with Gasteiger partial charge in [-0.2, -0.15) is 0 Å². The lowest BCUT2D eigenvalue weighted by atomic mass is 9.83. The maximum absolute atomic E-state index is 14.8. The molecule has 1 amide bonds. The number of H-pyrrole nitrogens is 1. The van der Waals surface area contributed by atoms with Gasteiger partial charge >= 0.3 is 0 Å². The number of amides is 1. The van der Waals surface area contributed by atoms with Crippen LogP contribution in [0.2, 0.25) is 0 Å². The molecule has 1 aromatic heterocycles. The second kappa shape index (κ2) is 5.59. The number of nitrogens with zero attached hydrogens (tertiary/aromatic N) is 1. The van der Waals surface area contributed by atoms with Crippen LogP contribution in [-0.4, -0.2) is 29.4 Å². The SMILES string of the molecule is COc1ccccc1C1c2[nH]c3cccc(F)c3c2C2(CC2)CN1C(C)=O. The number of aromatic nitrogens is 1. The number of rotatable bonds is 2. The smallest absolute Gasteiger partial charge is 0.220 e. The fourth-order valence-electron chi connectivity index (χ4n) is 4.70. The quantitative estimate of drug-likeness (QED) is 0.737. The predicted octanol–water partition coefficient (Wildman–Crippen LogP) is 4.30. The number of benzene rings is 2. The van der Waals surface area contributed by atoms with E-state index >= 15 is 0 Å². The van der Waals surface area contributed by atoms with E-state index in [0.29, 0.717) is 11.9 Å². The molecule has 1 spiro atoms. The van der Waals surface area contributed by atoms with Gasteiger partial charge in [-0.05, 0) is 36.6 Å². The Bertz CT molecular complexity index is 1070. The fraction of sp³-hybridized carbons (Fsp3) is 0.318. The predicted molar refractivity (Wildman–Crippen MR) is 101 cm³/mol. The molecule has 1 saturated carbocycles. The number of fused-ring (bicyclic) bond motifs is 4. The van der Waals surface area contributed by atoms with Gasteiger partial charge in [-0.25, -0.2) is 4.39 Å². The molecular formula is C22H21FN2O2. The summed E-state index contributed by atoms with van der Waals surface area (Å²) in [7, 11) is 1.63. The summed E-state index contributed by atoms with van der Waals surface area (Å²) >= 11 is 0. The number of halogens is 1. The summed E-state index contributed by atoms with van der Waals surface area (Å²) in [5.74, 6) is 0.541. The zero-order valence-electron chi connectivity index (χ0n) is 15.4. The Hall–Kier alpha value is -2.82. The summed E-state index contributed by atoms with van der Waals surface area (Å²) in [4.78, 5) is 17.9. The van der Waals surface area contributed by atoms with Crippen molar-refractivity contribution >= 4 is 16.8 Å². The Kier molecular flexibility index (Phi) is 3.39. The Balaban J connectivity index is 1.83. The number of hydrogen-bond acceptors (Lipinski definition) is 2. The number of ether oxygens (including phenoxy) is 1. The average Bonchev–Trinajstić information content (AvgIpc) is 3.31. The van der Waals surface area contributed by atoms with E-state index in [-0.39, 0.29) is 23.2 Å². The minimum atomic E-state index is -0.313. The van der Waals surface area contributed by atoms with Crippen LogP contribution in [0.15, 0.2) is 42.5 Å².